The highest BCUT2D eigenvalue weighted by Gasteiger charge is 2.19. The van der Waals surface area contributed by atoms with Gasteiger partial charge in [-0.1, -0.05) is 48.6 Å². The SMILES string of the molecule is CCN1CCN(c2nnc(NC(=O)COCc3ccccc3)s2)CC1. The number of amides is 1. The molecule has 1 aromatic carbocycles. The topological polar surface area (TPSA) is 70.6 Å². The third-order valence-electron chi connectivity index (χ3n) is 4.10. The van der Waals surface area contributed by atoms with Crippen molar-refractivity contribution in [3.8, 4) is 0 Å². The van der Waals surface area contributed by atoms with Crippen molar-refractivity contribution >= 4 is 27.5 Å². The van der Waals surface area contributed by atoms with Crippen molar-refractivity contribution in [1.82, 2.24) is 15.1 Å². The number of hydrogen-bond acceptors (Lipinski definition) is 7. The molecule has 0 aliphatic carbocycles. The van der Waals surface area contributed by atoms with Gasteiger partial charge in [0, 0.05) is 26.2 Å². The molecule has 1 aliphatic rings. The maximum absolute atomic E-state index is 12.0. The fraction of sp³-hybridized carbons (Fsp3) is 0.471. The van der Waals surface area contributed by atoms with Crippen LogP contribution >= 0.6 is 11.3 Å². The maximum Gasteiger partial charge on any atom is 0.252 e. The second kappa shape index (κ2) is 8.89. The summed E-state index contributed by atoms with van der Waals surface area (Å²) < 4.78 is 5.43. The minimum atomic E-state index is -0.213. The van der Waals surface area contributed by atoms with Gasteiger partial charge in [0.25, 0.3) is 5.91 Å². The summed E-state index contributed by atoms with van der Waals surface area (Å²) in [5.74, 6) is -0.213. The van der Waals surface area contributed by atoms with Gasteiger partial charge in [-0.3, -0.25) is 10.1 Å². The van der Waals surface area contributed by atoms with Crippen molar-refractivity contribution in [2.75, 3.05) is 49.5 Å². The zero-order valence-electron chi connectivity index (χ0n) is 14.4. The van der Waals surface area contributed by atoms with Gasteiger partial charge in [-0.05, 0) is 12.1 Å². The molecule has 1 fully saturated rings. The molecule has 0 radical (unpaired) electrons. The first kappa shape index (κ1) is 17.8. The predicted molar refractivity (Wildman–Crippen MR) is 99.0 cm³/mol. The highest BCUT2D eigenvalue weighted by molar-refractivity contribution is 7.19. The Balaban J connectivity index is 1.42. The number of benzene rings is 1. The first-order valence-electron chi connectivity index (χ1n) is 8.47. The summed E-state index contributed by atoms with van der Waals surface area (Å²) in [4.78, 5) is 16.6. The standard InChI is InChI=1S/C17H23N5O2S/c1-2-21-8-10-22(11-9-21)17-20-19-16(25-17)18-15(23)13-24-12-14-6-4-3-5-7-14/h3-7H,2,8-13H2,1H3,(H,18,19,23). The number of carbonyl (C=O) groups is 1. The van der Waals surface area contributed by atoms with Crippen LogP contribution in [-0.4, -0.2) is 60.3 Å². The molecule has 0 spiro atoms. The Bertz CT molecular complexity index is 671. The van der Waals surface area contributed by atoms with E-state index in [4.69, 9.17) is 4.74 Å². The van der Waals surface area contributed by atoms with Gasteiger partial charge in [0.15, 0.2) is 0 Å². The summed E-state index contributed by atoms with van der Waals surface area (Å²) >= 11 is 1.40. The number of piperazine rings is 1. The molecule has 2 heterocycles. The molecular formula is C17H23N5O2S. The average molecular weight is 361 g/mol. The van der Waals surface area contributed by atoms with Gasteiger partial charge in [0.05, 0.1) is 6.61 Å². The van der Waals surface area contributed by atoms with Crippen molar-refractivity contribution in [1.29, 1.82) is 0 Å². The number of ether oxygens (including phenoxy) is 1. The van der Waals surface area contributed by atoms with E-state index in [-0.39, 0.29) is 12.5 Å². The normalized spacial score (nSPS) is 15.3. The van der Waals surface area contributed by atoms with Gasteiger partial charge in [0.1, 0.15) is 6.61 Å². The summed E-state index contributed by atoms with van der Waals surface area (Å²) in [5, 5.41) is 12.4. The van der Waals surface area contributed by atoms with Gasteiger partial charge in [0.2, 0.25) is 10.3 Å². The molecule has 1 saturated heterocycles. The van der Waals surface area contributed by atoms with Crippen LogP contribution in [0, 0.1) is 0 Å². The number of likely N-dealkylation sites (N-methyl/N-ethyl adjacent to an activating group) is 1. The summed E-state index contributed by atoms with van der Waals surface area (Å²) in [6.07, 6.45) is 0. The Morgan fingerprint density at radius 1 is 1.20 bits per heavy atom. The number of nitrogens with zero attached hydrogens (tertiary/aromatic N) is 4. The summed E-state index contributed by atoms with van der Waals surface area (Å²) in [6, 6.07) is 9.77. The second-order valence-electron chi connectivity index (χ2n) is 5.84. The third-order valence-corrected chi connectivity index (χ3v) is 4.99. The highest BCUT2D eigenvalue weighted by atomic mass is 32.1. The average Bonchev–Trinajstić information content (AvgIpc) is 3.11. The Kier molecular flexibility index (Phi) is 6.32. The Hall–Kier alpha value is -2.03. The fourth-order valence-corrected chi connectivity index (χ4v) is 3.45. The van der Waals surface area contributed by atoms with Gasteiger partial charge in [-0.2, -0.15) is 0 Å². The molecule has 1 N–H and O–H groups in total. The van der Waals surface area contributed by atoms with E-state index in [1.807, 2.05) is 30.3 Å². The Morgan fingerprint density at radius 3 is 2.68 bits per heavy atom. The number of nitrogens with one attached hydrogen (secondary N) is 1. The fourth-order valence-electron chi connectivity index (χ4n) is 2.64. The van der Waals surface area contributed by atoms with Crippen LogP contribution in [0.1, 0.15) is 12.5 Å². The molecule has 7 nitrogen and oxygen atoms in total. The molecule has 8 heteroatoms. The lowest BCUT2D eigenvalue weighted by molar-refractivity contribution is -0.121. The molecule has 2 aromatic rings. The summed E-state index contributed by atoms with van der Waals surface area (Å²) in [5.41, 5.74) is 1.04. The second-order valence-corrected chi connectivity index (χ2v) is 6.79. The van der Waals surface area contributed by atoms with Gasteiger partial charge >= 0.3 is 0 Å². The van der Waals surface area contributed by atoms with Crippen LogP contribution < -0.4 is 10.2 Å². The smallest absolute Gasteiger partial charge is 0.252 e. The first-order chi connectivity index (χ1) is 12.2. The third kappa shape index (κ3) is 5.22. The van der Waals surface area contributed by atoms with Crippen molar-refractivity contribution in [3.63, 3.8) is 0 Å². The van der Waals surface area contributed by atoms with E-state index in [9.17, 15) is 4.79 Å². The molecule has 0 bridgehead atoms. The molecule has 0 unspecified atom stereocenters. The van der Waals surface area contributed by atoms with Gasteiger partial charge < -0.3 is 14.5 Å². The van der Waals surface area contributed by atoms with Crippen LogP contribution in [0.25, 0.3) is 0 Å². The van der Waals surface area contributed by atoms with E-state index >= 15 is 0 Å². The van der Waals surface area contributed by atoms with Crippen molar-refractivity contribution < 1.29 is 9.53 Å². The minimum absolute atomic E-state index is 0.00101. The predicted octanol–water partition coefficient (Wildman–Crippen LogP) is 1.84. The first-order valence-corrected chi connectivity index (χ1v) is 9.28. The van der Waals surface area contributed by atoms with Gasteiger partial charge in [-0.15, -0.1) is 10.2 Å². The number of rotatable bonds is 7. The zero-order valence-corrected chi connectivity index (χ0v) is 15.2. The van der Waals surface area contributed by atoms with E-state index < -0.39 is 0 Å². The van der Waals surface area contributed by atoms with Crippen LogP contribution in [0.5, 0.6) is 0 Å². The van der Waals surface area contributed by atoms with E-state index in [0.29, 0.717) is 11.7 Å². The lowest BCUT2D eigenvalue weighted by Gasteiger charge is -2.33. The molecule has 1 aliphatic heterocycles. The highest BCUT2D eigenvalue weighted by Crippen LogP contribution is 2.24. The van der Waals surface area contributed by atoms with Crippen LogP contribution in [0.4, 0.5) is 10.3 Å². The monoisotopic (exact) mass is 361 g/mol. The van der Waals surface area contributed by atoms with Gasteiger partial charge in [-0.25, -0.2) is 0 Å². The van der Waals surface area contributed by atoms with Crippen LogP contribution in [-0.2, 0) is 16.1 Å². The van der Waals surface area contributed by atoms with E-state index in [2.05, 4.69) is 32.2 Å². The maximum atomic E-state index is 12.0. The molecule has 0 saturated carbocycles. The molecular weight excluding hydrogens is 338 g/mol. The summed E-state index contributed by atoms with van der Waals surface area (Å²) in [6.45, 7) is 7.61. The van der Waals surface area contributed by atoms with E-state index in [1.165, 1.54) is 11.3 Å². The Morgan fingerprint density at radius 2 is 1.96 bits per heavy atom. The quantitative estimate of drug-likeness (QED) is 0.811. The molecule has 25 heavy (non-hydrogen) atoms. The van der Waals surface area contributed by atoms with E-state index in [0.717, 1.165) is 43.4 Å². The van der Waals surface area contributed by atoms with Crippen molar-refractivity contribution in [3.05, 3.63) is 35.9 Å². The number of carbonyl (C=O) groups excluding carboxylic acids is 1. The Labute approximate surface area is 151 Å². The largest absolute Gasteiger partial charge is 0.367 e. The van der Waals surface area contributed by atoms with Crippen LogP contribution in [0.2, 0.25) is 0 Å². The van der Waals surface area contributed by atoms with Crippen molar-refractivity contribution in [2.24, 2.45) is 0 Å². The van der Waals surface area contributed by atoms with Crippen LogP contribution in [0.15, 0.2) is 30.3 Å². The molecule has 3 rings (SSSR count). The molecule has 1 aromatic heterocycles. The lowest BCUT2D eigenvalue weighted by Crippen LogP contribution is -2.46. The number of hydrogen-bond donors (Lipinski definition) is 1. The minimum Gasteiger partial charge on any atom is -0.367 e. The molecule has 134 valence electrons. The van der Waals surface area contributed by atoms with E-state index in [1.54, 1.807) is 0 Å². The van der Waals surface area contributed by atoms with Crippen molar-refractivity contribution in [2.45, 2.75) is 13.5 Å². The summed E-state index contributed by atoms with van der Waals surface area (Å²) in [7, 11) is 0. The molecule has 1 amide bonds. The molecule has 0 atom stereocenters. The van der Waals surface area contributed by atoms with Crippen LogP contribution in [0.3, 0.4) is 0 Å². The number of anilines is 2. The zero-order chi connectivity index (χ0) is 17.5. The number of aromatic nitrogens is 2. The lowest BCUT2D eigenvalue weighted by atomic mass is 10.2.